The fraction of sp³-hybridized carbons (Fsp3) is 0.250. The predicted molar refractivity (Wildman–Crippen MR) is 128 cm³/mol. The number of aromatic nitrogens is 2. The lowest BCUT2D eigenvalue weighted by atomic mass is 10.0. The van der Waals surface area contributed by atoms with Gasteiger partial charge in [0.15, 0.2) is 0 Å². The molecule has 6 heteroatoms. The van der Waals surface area contributed by atoms with E-state index in [1.54, 1.807) is 11.3 Å². The van der Waals surface area contributed by atoms with Crippen LogP contribution in [0.15, 0.2) is 48.5 Å². The molecule has 0 aliphatic heterocycles. The maximum Gasteiger partial charge on any atom is 0.225 e. The Morgan fingerprint density at radius 2 is 1.80 bits per heavy atom. The van der Waals surface area contributed by atoms with E-state index in [4.69, 9.17) is 16.3 Å². The van der Waals surface area contributed by atoms with Crippen molar-refractivity contribution in [2.45, 2.75) is 27.7 Å². The van der Waals surface area contributed by atoms with E-state index in [-0.39, 0.29) is 5.28 Å². The first kappa shape index (κ1) is 20.6. The van der Waals surface area contributed by atoms with E-state index < -0.39 is 0 Å². The van der Waals surface area contributed by atoms with Gasteiger partial charge in [0.1, 0.15) is 16.4 Å². The molecule has 0 amide bonds. The van der Waals surface area contributed by atoms with Gasteiger partial charge in [0.25, 0.3) is 0 Å². The highest BCUT2D eigenvalue weighted by molar-refractivity contribution is 7.19. The first-order valence-electron chi connectivity index (χ1n) is 10.1. The summed E-state index contributed by atoms with van der Waals surface area (Å²) in [6.07, 6.45) is 0. The van der Waals surface area contributed by atoms with Gasteiger partial charge in [0, 0.05) is 22.7 Å². The van der Waals surface area contributed by atoms with Crippen molar-refractivity contribution in [3.05, 3.63) is 64.3 Å². The second-order valence-electron chi connectivity index (χ2n) is 7.07. The Hall–Kier alpha value is -2.63. The van der Waals surface area contributed by atoms with Crippen molar-refractivity contribution < 1.29 is 4.74 Å². The lowest BCUT2D eigenvalue weighted by Crippen LogP contribution is -2.18. The fourth-order valence-corrected chi connectivity index (χ4v) is 5.00. The lowest BCUT2D eigenvalue weighted by Gasteiger charge is -2.24. The minimum atomic E-state index is 0.267. The molecule has 30 heavy (non-hydrogen) atoms. The second-order valence-corrected chi connectivity index (χ2v) is 8.61. The van der Waals surface area contributed by atoms with Gasteiger partial charge in [-0.3, -0.25) is 0 Å². The molecule has 0 bridgehead atoms. The Morgan fingerprint density at radius 3 is 2.47 bits per heavy atom. The number of halogens is 1. The molecule has 0 radical (unpaired) electrons. The third-order valence-electron chi connectivity index (χ3n) is 5.02. The molecule has 4 rings (SSSR count). The first-order chi connectivity index (χ1) is 14.5. The number of fused-ring (bicyclic) bond motifs is 1. The summed E-state index contributed by atoms with van der Waals surface area (Å²) in [5.74, 6) is 1.71. The normalized spacial score (nSPS) is 11.1. The van der Waals surface area contributed by atoms with E-state index in [0.717, 1.165) is 45.1 Å². The van der Waals surface area contributed by atoms with Crippen molar-refractivity contribution in [3.8, 4) is 16.9 Å². The van der Waals surface area contributed by atoms with Gasteiger partial charge in [0.05, 0.1) is 12.0 Å². The van der Waals surface area contributed by atoms with Crippen molar-refractivity contribution in [1.29, 1.82) is 0 Å². The smallest absolute Gasteiger partial charge is 0.225 e. The summed E-state index contributed by atoms with van der Waals surface area (Å²) in [6.45, 7) is 9.75. The third-order valence-corrected chi connectivity index (χ3v) is 6.19. The predicted octanol–water partition coefficient (Wildman–Crippen LogP) is 7.19. The van der Waals surface area contributed by atoms with E-state index in [2.05, 4.69) is 72.0 Å². The zero-order valence-corrected chi connectivity index (χ0v) is 19.1. The van der Waals surface area contributed by atoms with Crippen LogP contribution in [-0.2, 0) is 0 Å². The molecule has 0 N–H and O–H groups in total. The van der Waals surface area contributed by atoms with E-state index in [1.165, 1.54) is 10.4 Å². The number of ether oxygens (including phenoxy) is 1. The largest absolute Gasteiger partial charge is 0.494 e. The molecule has 0 unspecified atom stereocenters. The number of aryl methyl sites for hydroxylation is 2. The van der Waals surface area contributed by atoms with Crippen LogP contribution < -0.4 is 9.64 Å². The van der Waals surface area contributed by atoms with Crippen LogP contribution in [-0.4, -0.2) is 23.1 Å². The van der Waals surface area contributed by atoms with Crippen molar-refractivity contribution >= 4 is 44.7 Å². The van der Waals surface area contributed by atoms with Crippen LogP contribution in [0.1, 0.15) is 24.3 Å². The average Bonchev–Trinajstić information content (AvgIpc) is 3.05. The van der Waals surface area contributed by atoms with Gasteiger partial charge in [-0.05, 0) is 74.7 Å². The number of rotatable bonds is 6. The van der Waals surface area contributed by atoms with E-state index >= 15 is 0 Å². The highest BCUT2D eigenvalue weighted by Crippen LogP contribution is 2.44. The van der Waals surface area contributed by atoms with Crippen LogP contribution in [0.2, 0.25) is 5.28 Å². The number of anilines is 2. The van der Waals surface area contributed by atoms with Gasteiger partial charge in [-0.2, -0.15) is 4.98 Å². The highest BCUT2D eigenvalue weighted by atomic mass is 35.5. The Bertz CT molecular complexity index is 1190. The van der Waals surface area contributed by atoms with E-state index in [0.29, 0.717) is 6.61 Å². The van der Waals surface area contributed by atoms with Gasteiger partial charge in [-0.15, -0.1) is 11.3 Å². The van der Waals surface area contributed by atoms with Crippen molar-refractivity contribution in [3.63, 3.8) is 0 Å². The fourth-order valence-electron chi connectivity index (χ4n) is 3.75. The van der Waals surface area contributed by atoms with Crippen LogP contribution in [0.5, 0.6) is 5.75 Å². The molecule has 2 aromatic heterocycles. The molecule has 2 heterocycles. The van der Waals surface area contributed by atoms with Crippen molar-refractivity contribution in [2.75, 3.05) is 18.1 Å². The number of benzene rings is 2. The molecule has 4 nitrogen and oxygen atoms in total. The van der Waals surface area contributed by atoms with Crippen LogP contribution in [0.4, 0.5) is 11.5 Å². The Kier molecular flexibility index (Phi) is 5.93. The summed E-state index contributed by atoms with van der Waals surface area (Å²) < 4.78 is 5.61. The molecule has 0 atom stereocenters. The summed E-state index contributed by atoms with van der Waals surface area (Å²) in [5.41, 5.74) is 4.57. The number of thiophene rings is 1. The van der Waals surface area contributed by atoms with Crippen LogP contribution in [0, 0.1) is 13.8 Å². The van der Waals surface area contributed by atoms with Crippen LogP contribution in [0.3, 0.4) is 0 Å². The topological polar surface area (TPSA) is 38.3 Å². The monoisotopic (exact) mass is 437 g/mol. The van der Waals surface area contributed by atoms with Gasteiger partial charge in [0.2, 0.25) is 5.28 Å². The molecule has 2 aromatic carbocycles. The molecule has 0 spiro atoms. The minimum absolute atomic E-state index is 0.267. The van der Waals surface area contributed by atoms with Crippen LogP contribution >= 0.6 is 22.9 Å². The zero-order valence-electron chi connectivity index (χ0n) is 17.6. The van der Waals surface area contributed by atoms with Crippen LogP contribution in [0.25, 0.3) is 21.3 Å². The van der Waals surface area contributed by atoms with Gasteiger partial charge in [-0.25, -0.2) is 4.98 Å². The summed E-state index contributed by atoms with van der Waals surface area (Å²) in [6, 6.07) is 16.7. The average molecular weight is 438 g/mol. The maximum atomic E-state index is 6.35. The summed E-state index contributed by atoms with van der Waals surface area (Å²) in [5, 5.41) is 1.30. The molecule has 0 saturated heterocycles. The number of nitrogens with zero attached hydrogens (tertiary/aromatic N) is 3. The molecule has 0 aliphatic rings. The minimum Gasteiger partial charge on any atom is -0.494 e. The lowest BCUT2D eigenvalue weighted by molar-refractivity contribution is 0.340. The molecule has 0 saturated carbocycles. The maximum absolute atomic E-state index is 6.35. The van der Waals surface area contributed by atoms with E-state index in [9.17, 15) is 0 Å². The zero-order chi connectivity index (χ0) is 21.3. The van der Waals surface area contributed by atoms with E-state index in [1.807, 2.05) is 19.1 Å². The molecule has 0 aliphatic carbocycles. The first-order valence-corrected chi connectivity index (χ1v) is 11.2. The van der Waals surface area contributed by atoms with Gasteiger partial charge >= 0.3 is 0 Å². The molecular weight excluding hydrogens is 414 g/mol. The molecule has 154 valence electrons. The number of hydrogen-bond donors (Lipinski definition) is 0. The summed E-state index contributed by atoms with van der Waals surface area (Å²) >= 11 is 8.00. The Balaban J connectivity index is 1.94. The van der Waals surface area contributed by atoms with Crippen molar-refractivity contribution in [1.82, 2.24) is 9.97 Å². The summed E-state index contributed by atoms with van der Waals surface area (Å²) in [7, 11) is 0. The standard InChI is InChI=1S/C24H24ClN3OS/c1-5-28(18-9-7-8-15(3)14-18)22-21-20(16(4)30-23(21)27-24(25)26-22)17-10-12-19(13-11-17)29-6-2/h7-14H,5-6H2,1-4H3. The van der Waals surface area contributed by atoms with Gasteiger partial charge in [-0.1, -0.05) is 24.3 Å². The number of hydrogen-bond acceptors (Lipinski definition) is 5. The Morgan fingerprint density at radius 1 is 1.03 bits per heavy atom. The molecule has 0 fully saturated rings. The molecule has 4 aromatic rings. The highest BCUT2D eigenvalue weighted by Gasteiger charge is 2.22. The second kappa shape index (κ2) is 8.62. The SMILES string of the molecule is CCOc1ccc(-c2c(C)sc3nc(Cl)nc(N(CC)c4cccc(C)c4)c23)cc1. The molecular formula is C24H24ClN3OS. The Labute approximate surface area is 186 Å². The van der Waals surface area contributed by atoms with Crippen molar-refractivity contribution in [2.24, 2.45) is 0 Å². The third kappa shape index (κ3) is 3.87. The quantitative estimate of drug-likeness (QED) is 0.299. The van der Waals surface area contributed by atoms with Gasteiger partial charge < -0.3 is 9.64 Å². The summed E-state index contributed by atoms with van der Waals surface area (Å²) in [4.78, 5) is 13.5.